The van der Waals surface area contributed by atoms with Gasteiger partial charge in [0.05, 0.1) is 21.4 Å². The van der Waals surface area contributed by atoms with Crippen molar-refractivity contribution < 1.29 is 4.42 Å². The van der Waals surface area contributed by atoms with Gasteiger partial charge >= 0.3 is 0 Å². The highest BCUT2D eigenvalue weighted by atomic mass is 32.1. The van der Waals surface area contributed by atoms with Crippen molar-refractivity contribution >= 4 is 59.1 Å². The Kier molecular flexibility index (Phi) is 3.98. The maximum Gasteiger partial charge on any atom is 0.144 e. The number of hydrogen-bond donors (Lipinski definition) is 0. The quantitative estimate of drug-likeness (QED) is 0.326. The molecule has 5 heteroatoms. The third kappa shape index (κ3) is 2.83. The standard InChI is InChI=1S/C24H19B2NOS/c1-23(2,3)24(25,26)15-7-9-27-19(12-15)17-6-4-5-16-18-11-14-8-10-29-21(14)13-20(18)28-22(16)17/h4-13H,1-3H3. The third-order valence-electron chi connectivity index (χ3n) is 5.83. The smallest absolute Gasteiger partial charge is 0.144 e. The minimum Gasteiger partial charge on any atom is -0.455 e. The van der Waals surface area contributed by atoms with Crippen LogP contribution >= 0.6 is 11.3 Å². The van der Waals surface area contributed by atoms with Crippen LogP contribution in [0.4, 0.5) is 0 Å². The van der Waals surface area contributed by atoms with Crippen molar-refractivity contribution in [2.45, 2.75) is 26.0 Å². The van der Waals surface area contributed by atoms with Gasteiger partial charge in [-0.2, -0.15) is 0 Å². The minimum absolute atomic E-state index is 0.303. The fourth-order valence-corrected chi connectivity index (χ4v) is 4.52. The second kappa shape index (κ2) is 6.24. The minimum atomic E-state index is -0.975. The number of rotatable bonds is 2. The molecule has 2 aromatic carbocycles. The fraction of sp³-hybridized carbons (Fsp3) is 0.208. The number of fused-ring (bicyclic) bond motifs is 4. The maximum absolute atomic E-state index is 6.51. The summed E-state index contributed by atoms with van der Waals surface area (Å²) in [6, 6.07) is 16.5. The van der Waals surface area contributed by atoms with Gasteiger partial charge in [-0.05, 0) is 52.6 Å². The molecule has 138 valence electrons. The zero-order valence-electron chi connectivity index (χ0n) is 16.7. The van der Waals surface area contributed by atoms with Crippen molar-refractivity contribution in [3.05, 3.63) is 65.7 Å². The van der Waals surface area contributed by atoms with Gasteiger partial charge in [0, 0.05) is 27.2 Å². The lowest BCUT2D eigenvalue weighted by Gasteiger charge is -2.40. The summed E-state index contributed by atoms with van der Waals surface area (Å²) in [6.07, 6.45) is 1.77. The molecule has 0 fully saturated rings. The number of para-hydroxylation sites is 1. The largest absolute Gasteiger partial charge is 0.455 e. The number of thiophene rings is 1. The van der Waals surface area contributed by atoms with E-state index in [4.69, 9.17) is 20.1 Å². The molecule has 0 aliphatic rings. The molecule has 0 N–H and O–H groups in total. The second-order valence-corrected chi connectivity index (χ2v) is 9.59. The van der Waals surface area contributed by atoms with Crippen molar-refractivity contribution in [3.8, 4) is 11.3 Å². The summed E-state index contributed by atoms with van der Waals surface area (Å²) >= 11 is 1.72. The number of furan rings is 1. The van der Waals surface area contributed by atoms with Crippen LogP contribution in [0.15, 0.2) is 64.5 Å². The highest BCUT2D eigenvalue weighted by molar-refractivity contribution is 7.17. The van der Waals surface area contributed by atoms with Crippen LogP contribution in [0, 0.1) is 5.41 Å². The number of pyridine rings is 1. The third-order valence-corrected chi connectivity index (χ3v) is 6.71. The number of nitrogens with zero attached hydrogens (tertiary/aromatic N) is 1. The Balaban J connectivity index is 1.73. The van der Waals surface area contributed by atoms with Gasteiger partial charge in [-0.1, -0.05) is 43.7 Å². The van der Waals surface area contributed by atoms with E-state index in [9.17, 15) is 0 Å². The van der Waals surface area contributed by atoms with Crippen molar-refractivity contribution in [2.75, 3.05) is 0 Å². The van der Waals surface area contributed by atoms with Crippen molar-refractivity contribution in [1.29, 1.82) is 0 Å². The molecule has 29 heavy (non-hydrogen) atoms. The van der Waals surface area contributed by atoms with Gasteiger partial charge in [-0.15, -0.1) is 11.3 Å². The lowest BCUT2D eigenvalue weighted by Crippen LogP contribution is -2.41. The predicted molar refractivity (Wildman–Crippen MR) is 125 cm³/mol. The lowest BCUT2D eigenvalue weighted by atomic mass is 9.41. The highest BCUT2D eigenvalue weighted by Gasteiger charge is 2.33. The Hall–Kier alpha value is -2.52. The monoisotopic (exact) mass is 391 g/mol. The van der Waals surface area contributed by atoms with Crippen LogP contribution < -0.4 is 0 Å². The summed E-state index contributed by atoms with van der Waals surface area (Å²) in [5, 5.41) is 4.56. The zero-order valence-corrected chi connectivity index (χ0v) is 17.5. The molecule has 3 heterocycles. The van der Waals surface area contributed by atoms with Crippen molar-refractivity contribution in [3.63, 3.8) is 0 Å². The summed E-state index contributed by atoms with van der Waals surface area (Å²) < 4.78 is 7.53. The molecule has 0 unspecified atom stereocenters. The van der Waals surface area contributed by atoms with Crippen LogP contribution in [0.3, 0.4) is 0 Å². The van der Waals surface area contributed by atoms with E-state index in [0.717, 1.165) is 38.8 Å². The van der Waals surface area contributed by atoms with E-state index in [0.29, 0.717) is 0 Å². The molecule has 2 nitrogen and oxygen atoms in total. The second-order valence-electron chi connectivity index (χ2n) is 8.64. The number of aromatic nitrogens is 1. The molecular formula is C24H19B2NOS. The zero-order chi connectivity index (χ0) is 20.4. The summed E-state index contributed by atoms with van der Waals surface area (Å²) in [5.74, 6) is 0. The van der Waals surface area contributed by atoms with Gasteiger partial charge in [-0.3, -0.25) is 4.98 Å². The number of benzene rings is 2. The summed E-state index contributed by atoms with van der Waals surface area (Å²) in [5.41, 5.74) is 4.01. The summed E-state index contributed by atoms with van der Waals surface area (Å²) in [4.78, 5) is 4.60. The molecular weight excluding hydrogens is 372 g/mol. The average molecular weight is 391 g/mol. The summed E-state index contributed by atoms with van der Waals surface area (Å²) in [7, 11) is 13.0. The van der Waals surface area contributed by atoms with E-state index in [1.807, 2.05) is 45.0 Å². The van der Waals surface area contributed by atoms with Gasteiger partial charge in [0.2, 0.25) is 0 Å². The molecule has 0 saturated heterocycles. The Morgan fingerprint density at radius 1 is 0.966 bits per heavy atom. The first-order valence-electron chi connectivity index (χ1n) is 9.63. The Labute approximate surface area is 176 Å². The van der Waals surface area contributed by atoms with E-state index >= 15 is 0 Å². The van der Waals surface area contributed by atoms with E-state index in [1.54, 1.807) is 17.5 Å². The Morgan fingerprint density at radius 3 is 2.59 bits per heavy atom. The van der Waals surface area contributed by atoms with Gasteiger partial charge in [-0.25, -0.2) is 0 Å². The average Bonchev–Trinajstić information content (AvgIpc) is 3.28. The highest BCUT2D eigenvalue weighted by Crippen LogP contribution is 2.40. The fourth-order valence-electron chi connectivity index (χ4n) is 3.72. The molecule has 5 rings (SSSR count). The van der Waals surface area contributed by atoms with E-state index in [-0.39, 0.29) is 5.41 Å². The molecule has 0 amide bonds. The molecule has 0 aliphatic carbocycles. The molecule has 5 aromatic rings. The van der Waals surface area contributed by atoms with E-state index in [2.05, 4.69) is 34.6 Å². The molecule has 0 bridgehead atoms. The van der Waals surface area contributed by atoms with Crippen molar-refractivity contribution in [2.24, 2.45) is 5.41 Å². The summed E-state index contributed by atoms with van der Waals surface area (Å²) in [6.45, 7) is 6.12. The molecule has 0 atom stereocenters. The first-order chi connectivity index (χ1) is 13.8. The SMILES string of the molecule is [B]C([B])(c1ccnc(-c2cccc3c2oc2cc4sccc4cc23)c1)C(C)(C)C. The molecule has 3 aromatic heterocycles. The molecule has 4 radical (unpaired) electrons. The van der Waals surface area contributed by atoms with Gasteiger partial charge < -0.3 is 4.42 Å². The molecule has 0 saturated carbocycles. The first kappa shape index (κ1) is 18.5. The van der Waals surface area contributed by atoms with Crippen LogP contribution in [0.25, 0.3) is 43.3 Å². The normalized spacial score (nSPS) is 12.9. The van der Waals surface area contributed by atoms with Crippen LogP contribution in [0.5, 0.6) is 0 Å². The number of hydrogen-bond acceptors (Lipinski definition) is 3. The first-order valence-corrected chi connectivity index (χ1v) is 10.5. The van der Waals surface area contributed by atoms with E-state index < -0.39 is 5.21 Å². The topological polar surface area (TPSA) is 26.0 Å². The van der Waals surface area contributed by atoms with E-state index in [1.165, 1.54) is 10.1 Å². The van der Waals surface area contributed by atoms with Crippen LogP contribution in [-0.4, -0.2) is 20.7 Å². The van der Waals surface area contributed by atoms with Gasteiger partial charge in [0.1, 0.15) is 11.2 Å². The van der Waals surface area contributed by atoms with Crippen LogP contribution in [-0.2, 0) is 5.21 Å². The van der Waals surface area contributed by atoms with Crippen molar-refractivity contribution in [1.82, 2.24) is 4.98 Å². The Bertz CT molecular complexity index is 1370. The van der Waals surface area contributed by atoms with Crippen LogP contribution in [0.2, 0.25) is 0 Å². The predicted octanol–water partition coefficient (Wildman–Crippen LogP) is 6.40. The van der Waals surface area contributed by atoms with Gasteiger partial charge in [0.25, 0.3) is 0 Å². The lowest BCUT2D eigenvalue weighted by molar-refractivity contribution is 0.358. The van der Waals surface area contributed by atoms with Gasteiger partial charge in [0.15, 0.2) is 0 Å². The van der Waals surface area contributed by atoms with Crippen LogP contribution in [0.1, 0.15) is 26.3 Å². The molecule has 0 aliphatic heterocycles. The molecule has 0 spiro atoms. The maximum atomic E-state index is 6.51. The Morgan fingerprint density at radius 2 is 1.79 bits per heavy atom.